The first-order chi connectivity index (χ1) is 16.9. The van der Waals surface area contributed by atoms with E-state index in [2.05, 4.69) is 10.1 Å². The summed E-state index contributed by atoms with van der Waals surface area (Å²) in [7, 11) is 1.60. The maximum Gasteiger partial charge on any atom is 0.290 e. The predicted octanol–water partition coefficient (Wildman–Crippen LogP) is 6.42. The standard InChI is InChI=1S/C25H18N4O4S2/c1-15-3-9-20-22(11-15)35-25(27-20)28(26-14-16-4-7-19(33-2)8-5-16)24(30)23-13-17-12-18(29(31)32)6-10-21(17)34-23/h3-14H,1-2H3/b26-14+. The van der Waals surface area contributed by atoms with Gasteiger partial charge in [-0.15, -0.1) is 11.3 Å². The van der Waals surface area contributed by atoms with E-state index in [4.69, 9.17) is 4.74 Å². The molecule has 3 aromatic carbocycles. The van der Waals surface area contributed by atoms with Crippen LogP contribution in [0.3, 0.4) is 0 Å². The van der Waals surface area contributed by atoms with Crippen molar-refractivity contribution < 1.29 is 14.5 Å². The molecule has 174 valence electrons. The number of nitro benzene ring substituents is 1. The number of rotatable bonds is 6. The SMILES string of the molecule is COc1ccc(/C=N/N(C(=O)c2cc3cc([N+](=O)[O-])ccc3s2)c2nc3ccc(C)cc3s2)cc1. The molecule has 0 N–H and O–H groups in total. The van der Waals surface area contributed by atoms with Crippen LogP contribution < -0.4 is 9.75 Å². The summed E-state index contributed by atoms with van der Waals surface area (Å²) in [6, 6.07) is 19.4. The average Bonchev–Trinajstić information content (AvgIpc) is 3.47. The quantitative estimate of drug-likeness (QED) is 0.152. The van der Waals surface area contributed by atoms with Gasteiger partial charge < -0.3 is 4.74 Å². The summed E-state index contributed by atoms with van der Waals surface area (Å²) in [4.78, 5) is 29.4. The molecule has 0 saturated heterocycles. The van der Waals surface area contributed by atoms with Crippen molar-refractivity contribution in [3.05, 3.63) is 92.8 Å². The highest BCUT2D eigenvalue weighted by atomic mass is 32.1. The van der Waals surface area contributed by atoms with E-state index in [0.717, 1.165) is 31.8 Å². The van der Waals surface area contributed by atoms with Gasteiger partial charge in [0.25, 0.3) is 11.6 Å². The number of carbonyl (C=O) groups excluding carboxylic acids is 1. The van der Waals surface area contributed by atoms with E-state index in [1.165, 1.54) is 39.8 Å². The number of methoxy groups -OCH3 is 1. The first-order valence-corrected chi connectivity index (χ1v) is 12.1. The minimum Gasteiger partial charge on any atom is -0.497 e. The van der Waals surface area contributed by atoms with Gasteiger partial charge in [0, 0.05) is 22.2 Å². The van der Waals surface area contributed by atoms with Gasteiger partial charge in [-0.05, 0) is 66.6 Å². The smallest absolute Gasteiger partial charge is 0.290 e. The van der Waals surface area contributed by atoms with Crippen LogP contribution in [0.5, 0.6) is 5.75 Å². The molecule has 0 saturated carbocycles. The molecule has 0 bridgehead atoms. The van der Waals surface area contributed by atoms with E-state index < -0.39 is 4.92 Å². The molecule has 0 unspecified atom stereocenters. The summed E-state index contributed by atoms with van der Waals surface area (Å²) in [5.41, 5.74) is 2.64. The van der Waals surface area contributed by atoms with Crippen molar-refractivity contribution in [1.29, 1.82) is 0 Å². The van der Waals surface area contributed by atoms with E-state index in [9.17, 15) is 14.9 Å². The molecule has 0 spiro atoms. The van der Waals surface area contributed by atoms with Gasteiger partial charge >= 0.3 is 0 Å². The molecule has 5 aromatic rings. The lowest BCUT2D eigenvalue weighted by Gasteiger charge is -2.12. The lowest BCUT2D eigenvalue weighted by molar-refractivity contribution is -0.384. The van der Waals surface area contributed by atoms with E-state index in [1.807, 2.05) is 49.4 Å². The summed E-state index contributed by atoms with van der Waals surface area (Å²) < 4.78 is 6.92. The molecule has 2 aromatic heterocycles. The largest absolute Gasteiger partial charge is 0.497 e. The van der Waals surface area contributed by atoms with Crippen LogP contribution in [0.1, 0.15) is 20.8 Å². The number of nitro groups is 1. The number of thiazole rings is 1. The van der Waals surface area contributed by atoms with Gasteiger partial charge in [0.1, 0.15) is 5.75 Å². The fourth-order valence-electron chi connectivity index (χ4n) is 3.47. The number of hydrazone groups is 1. The second kappa shape index (κ2) is 9.24. The highest BCUT2D eigenvalue weighted by Gasteiger charge is 2.23. The van der Waals surface area contributed by atoms with E-state index in [1.54, 1.807) is 25.5 Å². The fourth-order valence-corrected chi connectivity index (χ4v) is 5.46. The van der Waals surface area contributed by atoms with Crippen LogP contribution in [0.2, 0.25) is 0 Å². The number of carbonyl (C=O) groups is 1. The molecule has 8 nitrogen and oxygen atoms in total. The van der Waals surface area contributed by atoms with Gasteiger partial charge in [-0.3, -0.25) is 14.9 Å². The lowest BCUT2D eigenvalue weighted by Crippen LogP contribution is -2.24. The van der Waals surface area contributed by atoms with E-state index in [0.29, 0.717) is 15.4 Å². The number of amides is 1. The van der Waals surface area contributed by atoms with Crippen molar-refractivity contribution in [2.75, 3.05) is 12.1 Å². The Morgan fingerprint density at radius 2 is 1.86 bits per heavy atom. The van der Waals surface area contributed by atoms with Gasteiger partial charge in [-0.1, -0.05) is 17.4 Å². The first kappa shape index (κ1) is 22.6. The summed E-state index contributed by atoms with van der Waals surface area (Å²) >= 11 is 2.63. The van der Waals surface area contributed by atoms with Crippen LogP contribution in [-0.2, 0) is 0 Å². The number of aromatic nitrogens is 1. The second-order valence-electron chi connectivity index (χ2n) is 7.69. The van der Waals surface area contributed by atoms with Gasteiger partial charge in [0.2, 0.25) is 5.13 Å². The summed E-state index contributed by atoms with van der Waals surface area (Å²) in [5, 5.41) is 18.0. The number of benzene rings is 3. The van der Waals surface area contributed by atoms with E-state index >= 15 is 0 Å². The van der Waals surface area contributed by atoms with Crippen LogP contribution in [-0.4, -0.2) is 29.1 Å². The van der Waals surface area contributed by atoms with Crippen LogP contribution in [0.4, 0.5) is 10.8 Å². The summed E-state index contributed by atoms with van der Waals surface area (Å²) in [5.74, 6) is 0.352. The third-order valence-electron chi connectivity index (χ3n) is 5.27. The van der Waals surface area contributed by atoms with Crippen LogP contribution in [0.25, 0.3) is 20.3 Å². The number of thiophene rings is 1. The maximum atomic E-state index is 13.6. The monoisotopic (exact) mass is 502 g/mol. The van der Waals surface area contributed by atoms with E-state index in [-0.39, 0.29) is 11.6 Å². The maximum absolute atomic E-state index is 13.6. The Balaban J connectivity index is 1.56. The van der Waals surface area contributed by atoms with Crippen LogP contribution in [0.15, 0.2) is 71.8 Å². The molecular weight excluding hydrogens is 484 g/mol. The van der Waals surface area contributed by atoms with Crippen LogP contribution in [0, 0.1) is 17.0 Å². The number of anilines is 1. The molecule has 2 heterocycles. The average molecular weight is 503 g/mol. The second-order valence-corrected chi connectivity index (χ2v) is 9.79. The zero-order valence-corrected chi connectivity index (χ0v) is 20.3. The Morgan fingerprint density at radius 3 is 2.60 bits per heavy atom. The molecule has 35 heavy (non-hydrogen) atoms. The molecule has 0 atom stereocenters. The number of fused-ring (bicyclic) bond motifs is 2. The minimum atomic E-state index is -0.451. The van der Waals surface area contributed by atoms with Gasteiger partial charge in [-0.25, -0.2) is 4.98 Å². The number of ether oxygens (including phenoxy) is 1. The first-order valence-electron chi connectivity index (χ1n) is 10.5. The van der Waals surface area contributed by atoms with Gasteiger partial charge in [0.15, 0.2) is 0 Å². The minimum absolute atomic E-state index is 0.0229. The van der Waals surface area contributed by atoms with Crippen molar-refractivity contribution in [3.8, 4) is 5.75 Å². The number of aryl methyl sites for hydroxylation is 1. The Labute approximate surface area is 207 Å². The topological polar surface area (TPSA) is 97.9 Å². The third kappa shape index (κ3) is 4.61. The zero-order valence-electron chi connectivity index (χ0n) is 18.7. The predicted molar refractivity (Wildman–Crippen MR) is 140 cm³/mol. The van der Waals surface area contributed by atoms with Gasteiger partial charge in [-0.2, -0.15) is 10.1 Å². The molecule has 10 heteroatoms. The molecule has 1 amide bonds. The number of non-ortho nitro benzene ring substituents is 1. The molecule has 0 aliphatic heterocycles. The van der Waals surface area contributed by atoms with Crippen molar-refractivity contribution in [2.45, 2.75) is 6.92 Å². The molecule has 5 rings (SSSR count). The summed E-state index contributed by atoms with van der Waals surface area (Å²) in [6.07, 6.45) is 1.59. The van der Waals surface area contributed by atoms with Gasteiger partial charge in [0.05, 0.1) is 33.3 Å². The fraction of sp³-hybridized carbons (Fsp3) is 0.0800. The lowest BCUT2D eigenvalue weighted by atomic mass is 10.2. The Bertz CT molecular complexity index is 1610. The molecule has 0 aliphatic rings. The van der Waals surface area contributed by atoms with Crippen molar-refractivity contribution in [3.63, 3.8) is 0 Å². The number of hydrogen-bond acceptors (Lipinski definition) is 8. The van der Waals surface area contributed by atoms with Crippen molar-refractivity contribution in [1.82, 2.24) is 4.98 Å². The van der Waals surface area contributed by atoms with Crippen molar-refractivity contribution >= 4 is 65.9 Å². The third-order valence-corrected chi connectivity index (χ3v) is 7.36. The zero-order chi connectivity index (χ0) is 24.5. The normalized spacial score (nSPS) is 11.4. The Kier molecular flexibility index (Phi) is 5.98. The summed E-state index contributed by atoms with van der Waals surface area (Å²) in [6.45, 7) is 2.00. The number of nitrogens with zero attached hydrogens (tertiary/aromatic N) is 4. The Hall–Kier alpha value is -4.15. The molecular formula is C25H18N4O4S2. The Morgan fingerprint density at radius 1 is 1.06 bits per heavy atom. The highest BCUT2D eigenvalue weighted by molar-refractivity contribution is 7.23. The molecule has 0 radical (unpaired) electrons. The van der Waals surface area contributed by atoms with Crippen LogP contribution >= 0.6 is 22.7 Å². The molecule has 0 fully saturated rings. The highest BCUT2D eigenvalue weighted by Crippen LogP contribution is 2.34. The number of hydrogen-bond donors (Lipinski definition) is 0. The molecule has 0 aliphatic carbocycles. The van der Waals surface area contributed by atoms with Crippen molar-refractivity contribution in [2.24, 2.45) is 5.10 Å².